The van der Waals surface area contributed by atoms with Crippen molar-refractivity contribution in [3.63, 3.8) is 0 Å². The van der Waals surface area contributed by atoms with Crippen molar-refractivity contribution in [2.24, 2.45) is 5.73 Å². The topological polar surface area (TPSA) is 26.0 Å². The van der Waals surface area contributed by atoms with Crippen LogP contribution in [0.5, 0.6) is 0 Å². The van der Waals surface area contributed by atoms with E-state index in [-0.39, 0.29) is 0 Å². The molecule has 0 aliphatic heterocycles. The Bertz CT molecular complexity index is 175. The highest BCUT2D eigenvalue weighted by Gasteiger charge is 1.95. The van der Waals surface area contributed by atoms with E-state index >= 15 is 0 Å². The molecular formula is C9H13N. The maximum atomic E-state index is 5.22. The number of rotatable bonds is 2. The Hall–Kier alpha value is -0.980. The van der Waals surface area contributed by atoms with E-state index in [4.69, 9.17) is 5.73 Å². The van der Waals surface area contributed by atoms with Crippen molar-refractivity contribution in [2.75, 3.05) is 0 Å². The standard InChI is InChI=1S/C9H13N/c10-8-4-7-9-5-2-1-3-6-9/h1-2,4-5,8H,3,6-7,10H2/b8-4-. The highest BCUT2D eigenvalue weighted by atomic mass is 14.5. The summed E-state index contributed by atoms with van der Waals surface area (Å²) in [6.07, 6.45) is 13.5. The van der Waals surface area contributed by atoms with Gasteiger partial charge in [-0.15, -0.1) is 0 Å². The molecule has 1 nitrogen and oxygen atoms in total. The van der Waals surface area contributed by atoms with Crippen LogP contribution < -0.4 is 5.73 Å². The van der Waals surface area contributed by atoms with Crippen LogP contribution in [0.2, 0.25) is 0 Å². The molecule has 1 heteroatoms. The molecule has 0 fully saturated rings. The molecular weight excluding hydrogens is 122 g/mol. The predicted molar refractivity (Wildman–Crippen MR) is 44.4 cm³/mol. The molecule has 1 aliphatic rings. The number of allylic oxidation sites excluding steroid dienone is 5. The summed E-state index contributed by atoms with van der Waals surface area (Å²) in [6, 6.07) is 0. The molecule has 0 atom stereocenters. The molecule has 54 valence electrons. The van der Waals surface area contributed by atoms with Gasteiger partial charge in [-0.25, -0.2) is 0 Å². The Morgan fingerprint density at radius 2 is 2.50 bits per heavy atom. The minimum Gasteiger partial charge on any atom is -0.405 e. The maximum Gasteiger partial charge on any atom is -0.00998 e. The first-order valence-corrected chi connectivity index (χ1v) is 3.65. The SMILES string of the molecule is N/C=C\CC1=CC=CCC1. The lowest BCUT2D eigenvalue weighted by Crippen LogP contribution is -1.86. The Balaban J connectivity index is 2.39. The Kier molecular flexibility index (Phi) is 2.81. The van der Waals surface area contributed by atoms with E-state index in [1.165, 1.54) is 18.4 Å². The summed E-state index contributed by atoms with van der Waals surface area (Å²) >= 11 is 0. The molecule has 0 unspecified atom stereocenters. The third-order valence-corrected chi connectivity index (χ3v) is 1.62. The zero-order valence-electron chi connectivity index (χ0n) is 6.09. The third kappa shape index (κ3) is 2.09. The van der Waals surface area contributed by atoms with Gasteiger partial charge in [-0.2, -0.15) is 0 Å². The van der Waals surface area contributed by atoms with Gasteiger partial charge in [0.1, 0.15) is 0 Å². The van der Waals surface area contributed by atoms with E-state index in [9.17, 15) is 0 Å². The lowest BCUT2D eigenvalue weighted by Gasteiger charge is -2.04. The summed E-state index contributed by atoms with van der Waals surface area (Å²) in [5.41, 5.74) is 6.70. The maximum absolute atomic E-state index is 5.22. The molecule has 0 bridgehead atoms. The Labute approximate surface area is 61.9 Å². The molecule has 0 heterocycles. The molecule has 0 amide bonds. The van der Waals surface area contributed by atoms with Crippen molar-refractivity contribution >= 4 is 0 Å². The van der Waals surface area contributed by atoms with Crippen molar-refractivity contribution in [1.29, 1.82) is 0 Å². The molecule has 0 aromatic rings. The molecule has 0 spiro atoms. The fourth-order valence-electron chi connectivity index (χ4n) is 1.04. The molecule has 0 saturated heterocycles. The fraction of sp³-hybridized carbons (Fsp3) is 0.333. The molecule has 0 aromatic carbocycles. The second-order valence-electron chi connectivity index (χ2n) is 2.42. The van der Waals surface area contributed by atoms with Crippen LogP contribution in [-0.4, -0.2) is 0 Å². The first-order valence-electron chi connectivity index (χ1n) is 3.65. The van der Waals surface area contributed by atoms with Gasteiger partial charge in [0.15, 0.2) is 0 Å². The minimum absolute atomic E-state index is 1.01. The molecule has 0 radical (unpaired) electrons. The minimum atomic E-state index is 1.01. The van der Waals surface area contributed by atoms with Gasteiger partial charge in [-0.3, -0.25) is 0 Å². The normalized spacial score (nSPS) is 17.8. The summed E-state index contributed by atoms with van der Waals surface area (Å²) in [5.74, 6) is 0. The van der Waals surface area contributed by atoms with Crippen LogP contribution in [0, 0.1) is 0 Å². The van der Waals surface area contributed by atoms with Crippen LogP contribution in [0.1, 0.15) is 19.3 Å². The first kappa shape index (κ1) is 7.13. The lowest BCUT2D eigenvalue weighted by atomic mass is 10.0. The van der Waals surface area contributed by atoms with Gasteiger partial charge in [-0.05, 0) is 25.5 Å². The molecule has 0 aromatic heterocycles. The first-order chi connectivity index (χ1) is 4.93. The average molecular weight is 135 g/mol. The number of hydrogen-bond donors (Lipinski definition) is 1. The van der Waals surface area contributed by atoms with Gasteiger partial charge in [0.25, 0.3) is 0 Å². The summed E-state index contributed by atoms with van der Waals surface area (Å²) in [4.78, 5) is 0. The summed E-state index contributed by atoms with van der Waals surface area (Å²) in [6.45, 7) is 0. The summed E-state index contributed by atoms with van der Waals surface area (Å²) in [5, 5.41) is 0. The molecule has 2 N–H and O–H groups in total. The number of hydrogen-bond acceptors (Lipinski definition) is 1. The van der Waals surface area contributed by atoms with Gasteiger partial charge in [0.05, 0.1) is 0 Å². The second kappa shape index (κ2) is 3.94. The highest BCUT2D eigenvalue weighted by molar-refractivity contribution is 5.19. The van der Waals surface area contributed by atoms with Crippen LogP contribution in [0.3, 0.4) is 0 Å². The zero-order chi connectivity index (χ0) is 7.23. The molecule has 0 saturated carbocycles. The molecule has 1 aliphatic carbocycles. The van der Waals surface area contributed by atoms with Gasteiger partial charge < -0.3 is 5.73 Å². The predicted octanol–water partition coefficient (Wildman–Crippen LogP) is 2.13. The van der Waals surface area contributed by atoms with E-state index in [0.29, 0.717) is 0 Å². The molecule has 10 heavy (non-hydrogen) atoms. The van der Waals surface area contributed by atoms with Crippen molar-refractivity contribution in [1.82, 2.24) is 0 Å². The van der Waals surface area contributed by atoms with Crippen LogP contribution in [-0.2, 0) is 0 Å². The second-order valence-corrected chi connectivity index (χ2v) is 2.42. The van der Waals surface area contributed by atoms with E-state index in [1.54, 1.807) is 6.20 Å². The van der Waals surface area contributed by atoms with E-state index < -0.39 is 0 Å². The Morgan fingerprint density at radius 1 is 1.60 bits per heavy atom. The van der Waals surface area contributed by atoms with Crippen molar-refractivity contribution in [3.05, 3.63) is 36.1 Å². The van der Waals surface area contributed by atoms with Crippen LogP contribution in [0.4, 0.5) is 0 Å². The lowest BCUT2D eigenvalue weighted by molar-refractivity contribution is 0.924. The molecule has 1 rings (SSSR count). The average Bonchev–Trinajstić information content (AvgIpc) is 2.03. The third-order valence-electron chi connectivity index (χ3n) is 1.62. The highest BCUT2D eigenvalue weighted by Crippen LogP contribution is 2.14. The van der Waals surface area contributed by atoms with Crippen molar-refractivity contribution in [2.45, 2.75) is 19.3 Å². The van der Waals surface area contributed by atoms with Crippen molar-refractivity contribution < 1.29 is 0 Å². The zero-order valence-corrected chi connectivity index (χ0v) is 6.09. The summed E-state index contributed by atoms with van der Waals surface area (Å²) in [7, 11) is 0. The monoisotopic (exact) mass is 135 g/mol. The smallest absolute Gasteiger partial charge is 0.00998 e. The fourth-order valence-corrected chi connectivity index (χ4v) is 1.04. The Morgan fingerprint density at radius 3 is 3.10 bits per heavy atom. The van der Waals surface area contributed by atoms with Crippen LogP contribution >= 0.6 is 0 Å². The van der Waals surface area contributed by atoms with E-state index in [0.717, 1.165) is 6.42 Å². The van der Waals surface area contributed by atoms with Gasteiger partial charge in [0, 0.05) is 0 Å². The van der Waals surface area contributed by atoms with E-state index in [1.807, 2.05) is 6.08 Å². The largest absolute Gasteiger partial charge is 0.405 e. The summed E-state index contributed by atoms with van der Waals surface area (Å²) < 4.78 is 0. The quantitative estimate of drug-likeness (QED) is 0.616. The van der Waals surface area contributed by atoms with Crippen molar-refractivity contribution in [3.8, 4) is 0 Å². The van der Waals surface area contributed by atoms with Gasteiger partial charge in [-0.1, -0.05) is 29.9 Å². The van der Waals surface area contributed by atoms with E-state index in [2.05, 4.69) is 18.2 Å². The van der Waals surface area contributed by atoms with Gasteiger partial charge >= 0.3 is 0 Å². The van der Waals surface area contributed by atoms with Gasteiger partial charge in [0.2, 0.25) is 0 Å². The van der Waals surface area contributed by atoms with Crippen LogP contribution in [0.25, 0.3) is 0 Å². The van der Waals surface area contributed by atoms with Crippen LogP contribution in [0.15, 0.2) is 36.1 Å². The number of nitrogens with two attached hydrogens (primary N) is 1.